The van der Waals surface area contributed by atoms with E-state index in [-0.39, 0.29) is 12.5 Å². The van der Waals surface area contributed by atoms with Crippen molar-refractivity contribution >= 4 is 29.3 Å². The van der Waals surface area contributed by atoms with Crippen LogP contribution in [-0.4, -0.2) is 29.7 Å². The van der Waals surface area contributed by atoms with E-state index in [0.29, 0.717) is 16.3 Å². The van der Waals surface area contributed by atoms with Gasteiger partial charge in [0.25, 0.3) is 5.91 Å². The fraction of sp³-hybridized carbons (Fsp3) is 0.235. The number of anilines is 1. The van der Waals surface area contributed by atoms with Gasteiger partial charge in [-0.3, -0.25) is 4.79 Å². The highest BCUT2D eigenvalue weighted by atomic mass is 32.2. The molecule has 120 valence electrons. The first-order valence-electron chi connectivity index (χ1n) is 7.19. The molecule has 1 N–H and O–H groups in total. The van der Waals surface area contributed by atoms with E-state index in [1.165, 1.54) is 11.8 Å². The molecule has 0 fully saturated rings. The van der Waals surface area contributed by atoms with Gasteiger partial charge in [0.2, 0.25) is 0 Å². The lowest BCUT2D eigenvalue weighted by Crippen LogP contribution is -2.21. The summed E-state index contributed by atoms with van der Waals surface area (Å²) in [6.07, 6.45) is 4.32. The molecule has 0 aliphatic rings. The fourth-order valence-corrected chi connectivity index (χ4v) is 2.52. The third-order valence-electron chi connectivity index (χ3n) is 3.14. The van der Waals surface area contributed by atoms with Crippen LogP contribution in [0.25, 0.3) is 0 Å². The zero-order valence-electron chi connectivity index (χ0n) is 13.0. The summed E-state index contributed by atoms with van der Waals surface area (Å²) >= 11 is 1.35. The first-order valence-corrected chi connectivity index (χ1v) is 8.41. The van der Waals surface area contributed by atoms with Crippen molar-refractivity contribution < 1.29 is 14.3 Å². The molecule has 0 spiro atoms. The summed E-state index contributed by atoms with van der Waals surface area (Å²) in [5.41, 5.74) is 2.18. The van der Waals surface area contributed by atoms with Crippen molar-refractivity contribution in [1.29, 1.82) is 0 Å². The monoisotopic (exact) mass is 330 g/mol. The van der Waals surface area contributed by atoms with Crippen molar-refractivity contribution in [2.24, 2.45) is 0 Å². The van der Waals surface area contributed by atoms with Gasteiger partial charge < -0.3 is 10.1 Å². The summed E-state index contributed by atoms with van der Waals surface area (Å²) in [5, 5.41) is 3.29. The minimum atomic E-state index is -0.556. The molecule has 0 radical (unpaired) electrons. The Kier molecular flexibility index (Phi) is 6.17. The molecule has 0 saturated heterocycles. The molecule has 0 aliphatic heterocycles. The first kappa shape index (κ1) is 17.0. The summed E-state index contributed by atoms with van der Waals surface area (Å²) in [5.74, 6) is -0.930. The van der Waals surface area contributed by atoms with E-state index < -0.39 is 5.97 Å². The maximum Gasteiger partial charge on any atom is 0.341 e. The number of nitrogens with one attached hydrogen (secondary N) is 1. The number of carbonyl (C=O) groups excluding carboxylic acids is 2. The average molecular weight is 330 g/mol. The second-order valence-corrected chi connectivity index (χ2v) is 5.53. The van der Waals surface area contributed by atoms with Crippen LogP contribution in [-0.2, 0) is 16.0 Å². The standard InChI is InChI=1S/C17H18N2O3S/c1-3-12-6-4-7-13(10-12)19-15(20)11-22-17(21)14-8-5-9-18-16(14)23-2/h4-10H,3,11H2,1-2H3,(H,19,20). The van der Waals surface area contributed by atoms with E-state index in [2.05, 4.69) is 10.3 Å². The van der Waals surface area contributed by atoms with Gasteiger partial charge in [-0.05, 0) is 42.5 Å². The van der Waals surface area contributed by atoms with Crippen LogP contribution in [0.3, 0.4) is 0 Å². The minimum absolute atomic E-state index is 0.335. The quantitative estimate of drug-likeness (QED) is 0.651. The van der Waals surface area contributed by atoms with Crippen LogP contribution < -0.4 is 5.32 Å². The summed E-state index contributed by atoms with van der Waals surface area (Å²) in [6.45, 7) is 1.71. The topological polar surface area (TPSA) is 68.3 Å². The second-order valence-electron chi connectivity index (χ2n) is 4.74. The van der Waals surface area contributed by atoms with E-state index in [0.717, 1.165) is 12.0 Å². The summed E-state index contributed by atoms with van der Waals surface area (Å²) in [7, 11) is 0. The molecule has 0 atom stereocenters. The van der Waals surface area contributed by atoms with Gasteiger partial charge in [-0.1, -0.05) is 19.1 Å². The van der Waals surface area contributed by atoms with Gasteiger partial charge in [0.05, 0.1) is 5.56 Å². The van der Waals surface area contributed by atoms with Crippen LogP contribution in [0, 0.1) is 0 Å². The Morgan fingerprint density at radius 1 is 1.26 bits per heavy atom. The van der Waals surface area contributed by atoms with E-state index in [4.69, 9.17) is 4.74 Å². The number of thioether (sulfide) groups is 1. The summed E-state index contributed by atoms with van der Waals surface area (Å²) < 4.78 is 5.06. The van der Waals surface area contributed by atoms with Crippen molar-refractivity contribution in [2.75, 3.05) is 18.2 Å². The molecule has 1 aromatic heterocycles. The van der Waals surface area contributed by atoms with E-state index >= 15 is 0 Å². The summed E-state index contributed by atoms with van der Waals surface area (Å²) in [4.78, 5) is 28.0. The first-order chi connectivity index (χ1) is 11.1. The lowest BCUT2D eigenvalue weighted by atomic mass is 10.1. The molecule has 2 aromatic rings. The molecular formula is C17H18N2O3S. The van der Waals surface area contributed by atoms with Gasteiger partial charge in [0.15, 0.2) is 6.61 Å². The molecular weight excluding hydrogens is 312 g/mol. The molecule has 0 saturated carbocycles. The Morgan fingerprint density at radius 3 is 2.83 bits per heavy atom. The molecule has 0 aliphatic carbocycles. The molecule has 2 rings (SSSR count). The van der Waals surface area contributed by atoms with E-state index in [9.17, 15) is 9.59 Å². The molecule has 0 unspecified atom stereocenters. The Hall–Kier alpha value is -2.34. The largest absolute Gasteiger partial charge is 0.452 e. The van der Waals surface area contributed by atoms with Gasteiger partial charge in [0, 0.05) is 11.9 Å². The molecule has 6 heteroatoms. The molecule has 23 heavy (non-hydrogen) atoms. The SMILES string of the molecule is CCc1cccc(NC(=O)COC(=O)c2cccnc2SC)c1. The Bertz CT molecular complexity index is 704. The predicted octanol–water partition coefficient (Wildman–Crippen LogP) is 3.16. The van der Waals surface area contributed by atoms with Crippen molar-refractivity contribution in [3.05, 3.63) is 53.7 Å². The Balaban J connectivity index is 1.92. The van der Waals surface area contributed by atoms with Crippen LogP contribution in [0.4, 0.5) is 5.69 Å². The number of nitrogens with zero attached hydrogens (tertiary/aromatic N) is 1. The van der Waals surface area contributed by atoms with Crippen molar-refractivity contribution in [3.63, 3.8) is 0 Å². The van der Waals surface area contributed by atoms with Crippen LogP contribution in [0.5, 0.6) is 0 Å². The highest BCUT2D eigenvalue weighted by Gasteiger charge is 2.14. The van der Waals surface area contributed by atoms with Crippen LogP contribution >= 0.6 is 11.8 Å². The number of rotatable bonds is 6. The van der Waals surface area contributed by atoms with Crippen LogP contribution in [0.15, 0.2) is 47.6 Å². The number of benzene rings is 1. The zero-order chi connectivity index (χ0) is 16.7. The lowest BCUT2D eigenvalue weighted by Gasteiger charge is -2.09. The lowest BCUT2D eigenvalue weighted by molar-refractivity contribution is -0.119. The average Bonchev–Trinajstić information content (AvgIpc) is 2.59. The molecule has 5 nitrogen and oxygen atoms in total. The maximum atomic E-state index is 12.0. The third kappa shape index (κ3) is 4.82. The van der Waals surface area contributed by atoms with Crippen LogP contribution in [0.2, 0.25) is 0 Å². The van der Waals surface area contributed by atoms with Gasteiger partial charge in [-0.25, -0.2) is 9.78 Å². The smallest absolute Gasteiger partial charge is 0.341 e. The number of hydrogen-bond donors (Lipinski definition) is 1. The second kappa shape index (κ2) is 8.33. The Labute approximate surface area is 139 Å². The van der Waals surface area contributed by atoms with E-state index in [1.54, 1.807) is 24.4 Å². The minimum Gasteiger partial charge on any atom is -0.452 e. The predicted molar refractivity (Wildman–Crippen MR) is 90.8 cm³/mol. The summed E-state index contributed by atoms with van der Waals surface area (Å²) in [6, 6.07) is 10.8. The highest BCUT2D eigenvalue weighted by Crippen LogP contribution is 2.17. The maximum absolute atomic E-state index is 12.0. The third-order valence-corrected chi connectivity index (χ3v) is 3.85. The fourth-order valence-electron chi connectivity index (χ4n) is 1.98. The zero-order valence-corrected chi connectivity index (χ0v) is 13.9. The van der Waals surface area contributed by atoms with Gasteiger partial charge in [0.1, 0.15) is 5.03 Å². The number of aryl methyl sites for hydroxylation is 1. The molecule has 1 heterocycles. The van der Waals surface area contributed by atoms with Crippen molar-refractivity contribution in [3.8, 4) is 0 Å². The molecule has 0 bridgehead atoms. The van der Waals surface area contributed by atoms with Gasteiger partial charge in [-0.15, -0.1) is 11.8 Å². The number of amides is 1. The number of esters is 1. The number of carbonyl (C=O) groups is 2. The number of pyridine rings is 1. The number of aromatic nitrogens is 1. The van der Waals surface area contributed by atoms with Gasteiger partial charge >= 0.3 is 5.97 Å². The number of ether oxygens (including phenoxy) is 1. The van der Waals surface area contributed by atoms with Crippen molar-refractivity contribution in [2.45, 2.75) is 18.4 Å². The molecule has 1 aromatic carbocycles. The number of hydrogen-bond acceptors (Lipinski definition) is 5. The van der Waals surface area contributed by atoms with Gasteiger partial charge in [-0.2, -0.15) is 0 Å². The van der Waals surface area contributed by atoms with Crippen LogP contribution in [0.1, 0.15) is 22.8 Å². The molecule has 1 amide bonds. The van der Waals surface area contributed by atoms with Crippen molar-refractivity contribution in [1.82, 2.24) is 4.98 Å². The normalized spacial score (nSPS) is 10.2. The van der Waals surface area contributed by atoms with E-state index in [1.807, 2.05) is 31.4 Å². The highest BCUT2D eigenvalue weighted by molar-refractivity contribution is 7.98. The Morgan fingerprint density at radius 2 is 2.09 bits per heavy atom.